The molecule has 0 radical (unpaired) electrons. The van der Waals surface area contributed by atoms with Crippen LogP contribution >= 0.6 is 23.2 Å². The second kappa shape index (κ2) is 13.6. The first-order valence-electron chi connectivity index (χ1n) is 13.5. The zero-order chi connectivity index (χ0) is 26.2. The van der Waals surface area contributed by atoms with E-state index in [9.17, 15) is 9.59 Å². The van der Waals surface area contributed by atoms with Crippen LogP contribution in [0.3, 0.4) is 0 Å². The molecule has 8 heteroatoms. The van der Waals surface area contributed by atoms with Crippen LogP contribution in [0.15, 0.2) is 48.5 Å². The van der Waals surface area contributed by atoms with E-state index in [2.05, 4.69) is 46.7 Å². The quantitative estimate of drug-likeness (QED) is 0.443. The molecule has 2 aromatic carbocycles. The third-order valence-electron chi connectivity index (χ3n) is 7.62. The van der Waals surface area contributed by atoms with Crippen molar-refractivity contribution < 1.29 is 9.59 Å². The molecule has 2 aromatic rings. The minimum absolute atomic E-state index is 0.000974. The number of amides is 2. The molecule has 200 valence electrons. The molecule has 0 spiro atoms. The molecule has 2 heterocycles. The van der Waals surface area contributed by atoms with Crippen molar-refractivity contribution in [1.82, 2.24) is 20.4 Å². The van der Waals surface area contributed by atoms with Gasteiger partial charge < -0.3 is 20.4 Å². The van der Waals surface area contributed by atoms with E-state index >= 15 is 0 Å². The van der Waals surface area contributed by atoms with Crippen molar-refractivity contribution in [3.05, 3.63) is 69.7 Å². The number of benzene rings is 2. The Bertz CT molecular complexity index is 1050. The zero-order valence-electron chi connectivity index (χ0n) is 21.6. The number of nitrogens with zero attached hydrogens (tertiary/aromatic N) is 2. The molecule has 0 bridgehead atoms. The SMILES string of the molecule is CCC(CN1CC[C@@H](CNC(=O)c2ccc(Cl)c(Cl)c2)N[C@@H](CCN2CCCC2)C1=O)c1ccccc1. The fraction of sp³-hybridized carbons (Fsp3) is 0.517. The van der Waals surface area contributed by atoms with Gasteiger partial charge in [-0.25, -0.2) is 0 Å². The summed E-state index contributed by atoms with van der Waals surface area (Å²) in [5, 5.41) is 7.40. The third-order valence-corrected chi connectivity index (χ3v) is 8.36. The van der Waals surface area contributed by atoms with Crippen LogP contribution in [0.1, 0.15) is 60.9 Å². The smallest absolute Gasteiger partial charge is 0.251 e. The van der Waals surface area contributed by atoms with Crippen LogP contribution in [-0.4, -0.2) is 73.0 Å². The number of carbonyl (C=O) groups is 2. The molecule has 2 N–H and O–H groups in total. The second-order valence-electron chi connectivity index (χ2n) is 10.2. The minimum Gasteiger partial charge on any atom is -0.350 e. The molecule has 0 aliphatic carbocycles. The molecule has 2 saturated heterocycles. The molecule has 2 aliphatic rings. The van der Waals surface area contributed by atoms with Gasteiger partial charge in [-0.1, -0.05) is 60.5 Å². The average Bonchev–Trinajstić information content (AvgIpc) is 3.39. The van der Waals surface area contributed by atoms with Gasteiger partial charge in [0.25, 0.3) is 5.91 Å². The topological polar surface area (TPSA) is 64.7 Å². The first kappa shape index (κ1) is 27.9. The largest absolute Gasteiger partial charge is 0.350 e. The van der Waals surface area contributed by atoms with E-state index in [0.29, 0.717) is 41.2 Å². The van der Waals surface area contributed by atoms with Gasteiger partial charge >= 0.3 is 0 Å². The van der Waals surface area contributed by atoms with Crippen LogP contribution < -0.4 is 10.6 Å². The van der Waals surface area contributed by atoms with E-state index in [4.69, 9.17) is 23.2 Å². The summed E-state index contributed by atoms with van der Waals surface area (Å²) in [7, 11) is 0. The molecular formula is C29H38Cl2N4O2. The van der Waals surface area contributed by atoms with Gasteiger partial charge in [-0.15, -0.1) is 0 Å². The number of rotatable bonds is 10. The minimum atomic E-state index is -0.261. The number of likely N-dealkylation sites (tertiary alicyclic amines) is 1. The van der Waals surface area contributed by atoms with Gasteiger partial charge in [-0.3, -0.25) is 9.59 Å². The Morgan fingerprint density at radius 3 is 2.54 bits per heavy atom. The number of hydrogen-bond acceptors (Lipinski definition) is 4. The third kappa shape index (κ3) is 7.70. The van der Waals surface area contributed by atoms with Crippen LogP contribution in [0, 0.1) is 0 Å². The maximum absolute atomic E-state index is 13.7. The summed E-state index contributed by atoms with van der Waals surface area (Å²) >= 11 is 12.1. The Kier molecular flexibility index (Phi) is 10.3. The van der Waals surface area contributed by atoms with Crippen molar-refractivity contribution in [2.75, 3.05) is 39.3 Å². The lowest BCUT2D eigenvalue weighted by molar-refractivity contribution is -0.133. The Balaban J connectivity index is 1.43. The van der Waals surface area contributed by atoms with E-state index < -0.39 is 0 Å². The Morgan fingerprint density at radius 1 is 1.08 bits per heavy atom. The van der Waals surface area contributed by atoms with Crippen LogP contribution in [0.2, 0.25) is 10.0 Å². The molecule has 0 aromatic heterocycles. The lowest BCUT2D eigenvalue weighted by atomic mass is 9.95. The molecule has 1 unspecified atom stereocenters. The molecule has 6 nitrogen and oxygen atoms in total. The number of hydrogen-bond donors (Lipinski definition) is 2. The summed E-state index contributed by atoms with van der Waals surface area (Å²) in [6.45, 7) is 7.14. The van der Waals surface area contributed by atoms with Crippen molar-refractivity contribution in [1.29, 1.82) is 0 Å². The van der Waals surface area contributed by atoms with E-state index in [0.717, 1.165) is 38.9 Å². The fourth-order valence-electron chi connectivity index (χ4n) is 5.37. The first-order chi connectivity index (χ1) is 17.9. The van der Waals surface area contributed by atoms with Crippen molar-refractivity contribution in [3.63, 3.8) is 0 Å². The van der Waals surface area contributed by atoms with Gasteiger partial charge in [0, 0.05) is 43.7 Å². The van der Waals surface area contributed by atoms with Crippen molar-refractivity contribution in [3.8, 4) is 0 Å². The monoisotopic (exact) mass is 544 g/mol. The van der Waals surface area contributed by atoms with Crippen molar-refractivity contribution in [2.24, 2.45) is 0 Å². The van der Waals surface area contributed by atoms with Gasteiger partial charge in [0.15, 0.2) is 0 Å². The van der Waals surface area contributed by atoms with E-state index in [-0.39, 0.29) is 23.9 Å². The number of nitrogens with one attached hydrogen (secondary N) is 2. The van der Waals surface area contributed by atoms with Gasteiger partial charge in [-0.05, 0) is 69.0 Å². The van der Waals surface area contributed by atoms with Gasteiger partial charge in [0.2, 0.25) is 5.91 Å². The molecule has 2 aliphatic heterocycles. The summed E-state index contributed by atoms with van der Waals surface area (Å²) in [6.07, 6.45) is 4.99. The summed E-state index contributed by atoms with van der Waals surface area (Å²) in [5.74, 6) is 0.277. The first-order valence-corrected chi connectivity index (χ1v) is 14.3. The summed E-state index contributed by atoms with van der Waals surface area (Å²) in [4.78, 5) is 31.0. The molecule has 37 heavy (non-hydrogen) atoms. The normalized spacial score (nSPS) is 21.6. The lowest BCUT2D eigenvalue weighted by Gasteiger charge is -2.29. The van der Waals surface area contributed by atoms with E-state index in [1.807, 2.05) is 11.0 Å². The predicted molar refractivity (Wildman–Crippen MR) is 150 cm³/mol. The van der Waals surface area contributed by atoms with Crippen LogP contribution in [0.5, 0.6) is 0 Å². The van der Waals surface area contributed by atoms with E-state index in [1.165, 1.54) is 18.4 Å². The summed E-state index contributed by atoms with van der Waals surface area (Å²) < 4.78 is 0. The summed E-state index contributed by atoms with van der Waals surface area (Å²) in [6, 6.07) is 15.1. The zero-order valence-corrected chi connectivity index (χ0v) is 23.1. The van der Waals surface area contributed by atoms with Crippen LogP contribution in [0.25, 0.3) is 0 Å². The lowest BCUT2D eigenvalue weighted by Crippen LogP contribution is -2.50. The predicted octanol–water partition coefficient (Wildman–Crippen LogP) is 4.96. The highest BCUT2D eigenvalue weighted by Crippen LogP contribution is 2.24. The highest BCUT2D eigenvalue weighted by Gasteiger charge is 2.32. The fourth-order valence-corrected chi connectivity index (χ4v) is 5.66. The van der Waals surface area contributed by atoms with Gasteiger partial charge in [0.1, 0.15) is 0 Å². The van der Waals surface area contributed by atoms with Gasteiger partial charge in [0.05, 0.1) is 16.1 Å². The molecular weight excluding hydrogens is 507 g/mol. The Morgan fingerprint density at radius 2 is 1.84 bits per heavy atom. The highest BCUT2D eigenvalue weighted by molar-refractivity contribution is 6.42. The Labute approximate surface area is 230 Å². The molecule has 3 atom stereocenters. The molecule has 4 rings (SSSR count). The molecule has 2 amide bonds. The molecule has 0 saturated carbocycles. The van der Waals surface area contributed by atoms with Crippen molar-refractivity contribution in [2.45, 2.75) is 57.0 Å². The van der Waals surface area contributed by atoms with Crippen LogP contribution in [-0.2, 0) is 4.79 Å². The van der Waals surface area contributed by atoms with Crippen molar-refractivity contribution >= 4 is 35.0 Å². The number of halogens is 2. The second-order valence-corrected chi connectivity index (χ2v) is 11.0. The number of carbonyl (C=O) groups excluding carboxylic acids is 2. The maximum Gasteiger partial charge on any atom is 0.251 e. The van der Waals surface area contributed by atoms with Gasteiger partial charge in [-0.2, -0.15) is 0 Å². The Hall–Kier alpha value is -2.12. The maximum atomic E-state index is 13.7. The highest BCUT2D eigenvalue weighted by atomic mass is 35.5. The van der Waals surface area contributed by atoms with Crippen LogP contribution in [0.4, 0.5) is 0 Å². The van der Waals surface area contributed by atoms with E-state index in [1.54, 1.807) is 18.2 Å². The summed E-state index contributed by atoms with van der Waals surface area (Å²) in [5.41, 5.74) is 1.74. The molecule has 2 fully saturated rings. The average molecular weight is 546 g/mol. The standard InChI is InChI=1S/C29H38Cl2N4O2/c1-2-21(22-8-4-3-5-9-22)20-35-17-12-24(19-32-28(36)23-10-11-25(30)26(31)18-23)33-27(29(35)37)13-16-34-14-6-7-15-34/h3-5,8-11,18,21,24,27,33H,2,6-7,12-17,19-20H2,1H3,(H,32,36)/t21?,24-,27-/m0/s1.